The van der Waals surface area contributed by atoms with Gasteiger partial charge in [-0.1, -0.05) is 11.1 Å². The molecule has 1 aliphatic heterocycles. The van der Waals surface area contributed by atoms with E-state index in [9.17, 15) is 9.59 Å². The highest BCUT2D eigenvalue weighted by molar-refractivity contribution is 6.04. The molecule has 0 saturated heterocycles. The SMILES string of the molecule is C=C(C)C.C=C(C)C.O=C1C=CC(=O)O1. The molecule has 0 aliphatic carbocycles. The molecular weight excluding hydrogens is 192 g/mol. The molecule has 1 heterocycles. The van der Waals surface area contributed by atoms with Crippen LogP contribution in [0.3, 0.4) is 0 Å². The Morgan fingerprint density at radius 1 is 0.933 bits per heavy atom. The highest BCUT2D eigenvalue weighted by Gasteiger charge is 2.10. The standard InChI is InChI=1S/C4H2O3.2C4H8/c5-3-1-2-4(6)7-3;2*1-4(2)3/h1-2H;2*1H2,2-3H3. The van der Waals surface area contributed by atoms with E-state index < -0.39 is 11.9 Å². The summed E-state index contributed by atoms with van der Waals surface area (Å²) in [7, 11) is 0. The molecule has 3 nitrogen and oxygen atoms in total. The maximum absolute atomic E-state index is 9.92. The molecule has 0 fully saturated rings. The second-order valence-electron chi connectivity index (χ2n) is 3.49. The number of carbonyl (C=O) groups excluding carboxylic acids is 2. The van der Waals surface area contributed by atoms with Gasteiger partial charge >= 0.3 is 11.9 Å². The van der Waals surface area contributed by atoms with Gasteiger partial charge in [0, 0.05) is 12.2 Å². The molecule has 0 atom stereocenters. The quantitative estimate of drug-likeness (QED) is 0.351. The van der Waals surface area contributed by atoms with Crippen LogP contribution in [0.1, 0.15) is 27.7 Å². The van der Waals surface area contributed by atoms with Crippen LogP contribution in [-0.2, 0) is 14.3 Å². The van der Waals surface area contributed by atoms with E-state index in [2.05, 4.69) is 17.9 Å². The van der Waals surface area contributed by atoms with Crippen molar-refractivity contribution in [2.45, 2.75) is 27.7 Å². The lowest BCUT2D eigenvalue weighted by atomic mass is 10.4. The number of allylic oxidation sites excluding steroid dienone is 2. The van der Waals surface area contributed by atoms with Crippen molar-refractivity contribution in [2.75, 3.05) is 0 Å². The Hall–Kier alpha value is -1.64. The molecule has 15 heavy (non-hydrogen) atoms. The predicted molar refractivity (Wildman–Crippen MR) is 61.2 cm³/mol. The number of cyclic esters (lactones) is 2. The smallest absolute Gasteiger partial charge is 0.338 e. The third kappa shape index (κ3) is 24.5. The van der Waals surface area contributed by atoms with E-state index in [0.29, 0.717) is 0 Å². The minimum Gasteiger partial charge on any atom is -0.387 e. The lowest BCUT2D eigenvalue weighted by Crippen LogP contribution is -1.96. The molecule has 0 N–H and O–H groups in total. The van der Waals surface area contributed by atoms with Crippen molar-refractivity contribution in [1.29, 1.82) is 0 Å². The number of hydrogen-bond acceptors (Lipinski definition) is 3. The third-order valence-electron chi connectivity index (χ3n) is 0.557. The lowest BCUT2D eigenvalue weighted by Gasteiger charge is -1.80. The zero-order valence-electron chi connectivity index (χ0n) is 9.79. The van der Waals surface area contributed by atoms with Crippen molar-refractivity contribution in [3.8, 4) is 0 Å². The summed E-state index contributed by atoms with van der Waals surface area (Å²) < 4.78 is 3.97. The van der Waals surface area contributed by atoms with E-state index in [0.717, 1.165) is 12.2 Å². The van der Waals surface area contributed by atoms with Gasteiger partial charge in [-0.25, -0.2) is 9.59 Å². The highest BCUT2D eigenvalue weighted by Crippen LogP contribution is 1.92. The topological polar surface area (TPSA) is 43.4 Å². The molecule has 0 amide bonds. The predicted octanol–water partition coefficient (Wildman–Crippen LogP) is 2.79. The fourth-order valence-corrected chi connectivity index (χ4v) is 0.303. The summed E-state index contributed by atoms with van der Waals surface area (Å²) in [6.45, 7) is 15.0. The summed E-state index contributed by atoms with van der Waals surface area (Å²) in [6.07, 6.45) is 2.17. The number of carbonyl (C=O) groups is 2. The van der Waals surface area contributed by atoms with Gasteiger partial charge in [-0.3, -0.25) is 0 Å². The molecule has 0 aromatic rings. The Kier molecular flexibility index (Phi) is 9.42. The lowest BCUT2D eigenvalue weighted by molar-refractivity contribution is -0.150. The largest absolute Gasteiger partial charge is 0.387 e. The van der Waals surface area contributed by atoms with E-state index >= 15 is 0 Å². The van der Waals surface area contributed by atoms with Crippen molar-refractivity contribution in [2.24, 2.45) is 0 Å². The summed E-state index contributed by atoms with van der Waals surface area (Å²) in [6, 6.07) is 0. The number of hydrogen-bond donors (Lipinski definition) is 0. The summed E-state index contributed by atoms with van der Waals surface area (Å²) >= 11 is 0. The number of ether oxygens (including phenoxy) is 1. The van der Waals surface area contributed by atoms with Crippen LogP contribution >= 0.6 is 0 Å². The summed E-state index contributed by atoms with van der Waals surface area (Å²) in [4.78, 5) is 19.8. The van der Waals surface area contributed by atoms with Crippen LogP contribution in [0, 0.1) is 0 Å². The van der Waals surface area contributed by atoms with Crippen LogP contribution in [-0.4, -0.2) is 11.9 Å². The maximum atomic E-state index is 9.92. The zero-order chi connectivity index (χ0) is 12.4. The van der Waals surface area contributed by atoms with E-state index in [1.54, 1.807) is 0 Å². The Morgan fingerprint density at radius 3 is 1.20 bits per heavy atom. The first-order valence-corrected chi connectivity index (χ1v) is 4.43. The molecule has 3 heteroatoms. The second-order valence-corrected chi connectivity index (χ2v) is 3.49. The summed E-state index contributed by atoms with van der Waals surface area (Å²) in [5, 5.41) is 0. The van der Waals surface area contributed by atoms with Crippen LogP contribution in [0.15, 0.2) is 36.5 Å². The molecule has 1 rings (SSSR count). The first kappa shape index (κ1) is 15.8. The van der Waals surface area contributed by atoms with E-state index in [1.807, 2.05) is 27.7 Å². The first-order valence-electron chi connectivity index (χ1n) is 4.43. The summed E-state index contributed by atoms with van der Waals surface area (Å²) in [5.74, 6) is -1.16. The fourth-order valence-electron chi connectivity index (χ4n) is 0.303. The van der Waals surface area contributed by atoms with Gasteiger partial charge < -0.3 is 4.74 Å². The molecule has 84 valence electrons. The molecule has 0 unspecified atom stereocenters. The third-order valence-corrected chi connectivity index (χ3v) is 0.557. The highest BCUT2D eigenvalue weighted by atomic mass is 16.6. The van der Waals surface area contributed by atoms with Crippen molar-refractivity contribution in [1.82, 2.24) is 0 Å². The van der Waals surface area contributed by atoms with Gasteiger partial charge in [0.05, 0.1) is 0 Å². The molecule has 1 aliphatic rings. The van der Waals surface area contributed by atoms with Crippen molar-refractivity contribution < 1.29 is 14.3 Å². The Morgan fingerprint density at radius 2 is 1.13 bits per heavy atom. The van der Waals surface area contributed by atoms with Gasteiger partial charge in [0.1, 0.15) is 0 Å². The van der Waals surface area contributed by atoms with Gasteiger partial charge in [-0.15, -0.1) is 13.2 Å². The molecule has 0 spiro atoms. The van der Waals surface area contributed by atoms with Gasteiger partial charge in [-0.05, 0) is 27.7 Å². The molecular formula is C12H18O3. The van der Waals surface area contributed by atoms with E-state index in [1.165, 1.54) is 11.1 Å². The van der Waals surface area contributed by atoms with Gasteiger partial charge in [0.15, 0.2) is 0 Å². The van der Waals surface area contributed by atoms with Gasteiger partial charge in [0.25, 0.3) is 0 Å². The molecule has 0 radical (unpaired) electrons. The molecule has 0 saturated carbocycles. The second kappa shape index (κ2) is 8.94. The van der Waals surface area contributed by atoms with Crippen LogP contribution in [0.25, 0.3) is 0 Å². The zero-order valence-corrected chi connectivity index (χ0v) is 9.79. The average Bonchev–Trinajstić information content (AvgIpc) is 2.31. The van der Waals surface area contributed by atoms with E-state index in [4.69, 9.17) is 0 Å². The van der Waals surface area contributed by atoms with Gasteiger partial charge in [-0.2, -0.15) is 0 Å². The van der Waals surface area contributed by atoms with Crippen molar-refractivity contribution in [3.05, 3.63) is 36.5 Å². The molecule has 0 bridgehead atoms. The van der Waals surface area contributed by atoms with Crippen LogP contribution in [0.5, 0.6) is 0 Å². The minimum absolute atomic E-state index is 0.579. The fraction of sp³-hybridized carbons (Fsp3) is 0.333. The van der Waals surface area contributed by atoms with Crippen molar-refractivity contribution >= 4 is 11.9 Å². The molecule has 0 aromatic carbocycles. The average molecular weight is 210 g/mol. The van der Waals surface area contributed by atoms with Crippen LogP contribution in [0.4, 0.5) is 0 Å². The summed E-state index contributed by atoms with van der Waals surface area (Å²) in [5.41, 5.74) is 2.33. The number of esters is 2. The van der Waals surface area contributed by atoms with Crippen molar-refractivity contribution in [3.63, 3.8) is 0 Å². The Balaban J connectivity index is 0. The molecule has 0 aromatic heterocycles. The maximum Gasteiger partial charge on any atom is 0.338 e. The van der Waals surface area contributed by atoms with Crippen LogP contribution < -0.4 is 0 Å². The minimum atomic E-state index is -0.579. The Bertz CT molecular complexity index is 249. The van der Waals surface area contributed by atoms with Gasteiger partial charge in [0.2, 0.25) is 0 Å². The van der Waals surface area contributed by atoms with E-state index in [-0.39, 0.29) is 0 Å². The first-order chi connectivity index (χ1) is 6.75. The monoisotopic (exact) mass is 210 g/mol. The van der Waals surface area contributed by atoms with Crippen LogP contribution in [0.2, 0.25) is 0 Å². The number of rotatable bonds is 0. The Labute approximate surface area is 91.1 Å². The normalized spacial score (nSPS) is 11.7.